The number of rotatable bonds is 6. The molecule has 1 fully saturated rings. The van der Waals surface area contributed by atoms with E-state index in [1.807, 2.05) is 17.5 Å². The highest BCUT2D eigenvalue weighted by molar-refractivity contribution is 7.09. The summed E-state index contributed by atoms with van der Waals surface area (Å²) in [5.41, 5.74) is 1.34. The third-order valence-electron chi connectivity index (χ3n) is 5.91. The molecule has 3 amide bonds. The molecular weight excluding hydrogens is 443 g/mol. The maximum Gasteiger partial charge on any atom is 0.261 e. The number of anilines is 1. The van der Waals surface area contributed by atoms with Crippen molar-refractivity contribution in [1.29, 1.82) is 0 Å². The van der Waals surface area contributed by atoms with Crippen LogP contribution in [0.25, 0.3) is 0 Å². The lowest BCUT2D eigenvalue weighted by atomic mass is 10.0. The number of fused-ring (bicyclic) bond motifs is 1. The summed E-state index contributed by atoms with van der Waals surface area (Å²) < 4.78 is 19.1. The second kappa shape index (κ2) is 8.88. The number of ether oxygens (including phenoxy) is 1. The van der Waals surface area contributed by atoms with E-state index in [2.05, 4.69) is 0 Å². The van der Waals surface area contributed by atoms with E-state index in [0.717, 1.165) is 17.7 Å². The number of imide groups is 1. The first kappa shape index (κ1) is 21.5. The van der Waals surface area contributed by atoms with Gasteiger partial charge in [0.1, 0.15) is 5.82 Å². The van der Waals surface area contributed by atoms with Crippen LogP contribution in [-0.2, 0) is 11.3 Å². The molecule has 1 saturated heterocycles. The highest BCUT2D eigenvalue weighted by atomic mass is 32.1. The van der Waals surface area contributed by atoms with Gasteiger partial charge >= 0.3 is 0 Å². The Morgan fingerprint density at radius 3 is 2.58 bits per heavy atom. The SMILES string of the molecule is O=C1c2ccc(C(=O)N(Cc3cccs3)c3ccc(F)cc3)cc2C(=O)N1CC1CCCO1. The minimum absolute atomic E-state index is 0.145. The van der Waals surface area contributed by atoms with Gasteiger partial charge in [0.2, 0.25) is 0 Å². The maximum absolute atomic E-state index is 13.5. The number of thiophene rings is 1. The molecule has 5 rings (SSSR count). The van der Waals surface area contributed by atoms with E-state index in [0.29, 0.717) is 24.4 Å². The molecule has 1 aromatic heterocycles. The van der Waals surface area contributed by atoms with Crippen LogP contribution in [0, 0.1) is 5.82 Å². The Hall–Kier alpha value is -3.36. The van der Waals surface area contributed by atoms with Crippen LogP contribution in [0.2, 0.25) is 0 Å². The van der Waals surface area contributed by atoms with Crippen LogP contribution < -0.4 is 4.90 Å². The zero-order chi connectivity index (χ0) is 22.9. The van der Waals surface area contributed by atoms with E-state index >= 15 is 0 Å². The van der Waals surface area contributed by atoms with Gasteiger partial charge in [0, 0.05) is 22.7 Å². The van der Waals surface area contributed by atoms with E-state index in [9.17, 15) is 18.8 Å². The molecule has 0 radical (unpaired) electrons. The first-order valence-corrected chi connectivity index (χ1v) is 11.6. The molecule has 33 heavy (non-hydrogen) atoms. The molecule has 0 bridgehead atoms. The fraction of sp³-hybridized carbons (Fsp3) is 0.240. The number of hydrogen-bond donors (Lipinski definition) is 0. The number of carbonyl (C=O) groups is 3. The largest absolute Gasteiger partial charge is 0.376 e. The van der Waals surface area contributed by atoms with Crippen LogP contribution in [0.5, 0.6) is 0 Å². The fourth-order valence-corrected chi connectivity index (χ4v) is 4.89. The number of carbonyl (C=O) groups excluding carboxylic acids is 3. The van der Waals surface area contributed by atoms with Crippen LogP contribution in [0.3, 0.4) is 0 Å². The van der Waals surface area contributed by atoms with Gasteiger partial charge in [-0.05, 0) is 66.8 Å². The van der Waals surface area contributed by atoms with Gasteiger partial charge in [-0.15, -0.1) is 11.3 Å². The number of nitrogens with zero attached hydrogens (tertiary/aromatic N) is 2. The molecule has 1 atom stereocenters. The molecule has 2 aliphatic rings. The summed E-state index contributed by atoms with van der Waals surface area (Å²) in [7, 11) is 0. The molecule has 3 aromatic rings. The summed E-state index contributed by atoms with van der Waals surface area (Å²) >= 11 is 1.51. The number of halogens is 1. The summed E-state index contributed by atoms with van der Waals surface area (Å²) in [5, 5.41) is 1.92. The molecule has 0 spiro atoms. The Morgan fingerprint density at radius 2 is 1.88 bits per heavy atom. The summed E-state index contributed by atoms with van der Waals surface area (Å²) in [6.45, 7) is 1.16. The van der Waals surface area contributed by atoms with Crippen molar-refractivity contribution in [2.45, 2.75) is 25.5 Å². The summed E-state index contributed by atoms with van der Waals surface area (Å²) in [6.07, 6.45) is 1.58. The fourth-order valence-electron chi connectivity index (χ4n) is 4.20. The quantitative estimate of drug-likeness (QED) is 0.504. The van der Waals surface area contributed by atoms with Gasteiger partial charge in [-0.2, -0.15) is 0 Å². The van der Waals surface area contributed by atoms with Crippen LogP contribution >= 0.6 is 11.3 Å². The van der Waals surface area contributed by atoms with E-state index < -0.39 is 11.7 Å². The lowest BCUT2D eigenvalue weighted by Crippen LogP contribution is -2.36. The first-order chi connectivity index (χ1) is 16.0. The Morgan fingerprint density at radius 1 is 1.09 bits per heavy atom. The third-order valence-corrected chi connectivity index (χ3v) is 6.77. The van der Waals surface area contributed by atoms with E-state index in [1.54, 1.807) is 23.1 Å². The Balaban J connectivity index is 1.44. The van der Waals surface area contributed by atoms with Gasteiger partial charge < -0.3 is 9.64 Å². The average molecular weight is 465 g/mol. The molecule has 168 valence electrons. The van der Waals surface area contributed by atoms with E-state index in [4.69, 9.17) is 4.74 Å². The molecule has 2 aromatic carbocycles. The third kappa shape index (κ3) is 4.19. The van der Waals surface area contributed by atoms with Crippen molar-refractivity contribution in [3.63, 3.8) is 0 Å². The van der Waals surface area contributed by atoms with Crippen LogP contribution in [0.15, 0.2) is 60.0 Å². The molecule has 6 nitrogen and oxygen atoms in total. The predicted octanol–water partition coefficient (Wildman–Crippen LogP) is 4.51. The molecule has 3 heterocycles. The molecule has 8 heteroatoms. The van der Waals surface area contributed by atoms with Crippen LogP contribution in [0.4, 0.5) is 10.1 Å². The van der Waals surface area contributed by atoms with E-state index in [-0.39, 0.29) is 35.6 Å². The summed E-state index contributed by atoms with van der Waals surface area (Å²) in [4.78, 5) is 43.0. The summed E-state index contributed by atoms with van der Waals surface area (Å²) in [5.74, 6) is -1.50. The molecule has 0 N–H and O–H groups in total. The van der Waals surface area contributed by atoms with Crippen LogP contribution in [-0.4, -0.2) is 41.9 Å². The Kier molecular flexibility index (Phi) is 5.78. The second-order valence-electron chi connectivity index (χ2n) is 8.06. The second-order valence-corrected chi connectivity index (χ2v) is 9.10. The van der Waals surface area contributed by atoms with Gasteiger partial charge in [-0.3, -0.25) is 19.3 Å². The molecule has 2 aliphatic heterocycles. The number of benzene rings is 2. The van der Waals surface area contributed by atoms with Gasteiger partial charge in [-0.25, -0.2) is 4.39 Å². The standard InChI is InChI=1S/C25H21FN2O4S/c26-17-6-8-18(9-7-17)27(15-20-4-2-12-33-20)23(29)16-5-10-21-22(13-16)25(31)28(24(21)30)14-19-3-1-11-32-19/h2,4-10,12-13,19H,1,3,11,14-15H2. The maximum atomic E-state index is 13.5. The highest BCUT2D eigenvalue weighted by Gasteiger charge is 2.38. The minimum Gasteiger partial charge on any atom is -0.376 e. The normalized spacial score (nSPS) is 17.5. The molecule has 0 saturated carbocycles. The van der Waals surface area contributed by atoms with Crippen molar-refractivity contribution in [2.75, 3.05) is 18.1 Å². The van der Waals surface area contributed by atoms with Crippen LogP contribution in [0.1, 0.15) is 48.8 Å². The minimum atomic E-state index is -0.410. The van der Waals surface area contributed by atoms with Crippen molar-refractivity contribution >= 4 is 34.7 Å². The zero-order valence-electron chi connectivity index (χ0n) is 17.7. The number of hydrogen-bond acceptors (Lipinski definition) is 5. The highest BCUT2D eigenvalue weighted by Crippen LogP contribution is 2.28. The Labute approximate surface area is 194 Å². The lowest BCUT2D eigenvalue weighted by molar-refractivity contribution is 0.0475. The predicted molar refractivity (Wildman–Crippen MR) is 122 cm³/mol. The molecule has 1 unspecified atom stereocenters. The average Bonchev–Trinajstić information content (AvgIpc) is 3.58. The van der Waals surface area contributed by atoms with Crippen molar-refractivity contribution in [2.24, 2.45) is 0 Å². The van der Waals surface area contributed by atoms with Gasteiger partial charge in [-0.1, -0.05) is 6.07 Å². The van der Waals surface area contributed by atoms with Crippen molar-refractivity contribution in [3.8, 4) is 0 Å². The Bertz CT molecular complexity index is 1200. The number of amides is 3. The first-order valence-electron chi connectivity index (χ1n) is 10.7. The monoisotopic (exact) mass is 464 g/mol. The van der Waals surface area contributed by atoms with Crippen molar-refractivity contribution in [1.82, 2.24) is 4.90 Å². The van der Waals surface area contributed by atoms with Crippen molar-refractivity contribution in [3.05, 3.63) is 87.4 Å². The smallest absolute Gasteiger partial charge is 0.261 e. The lowest BCUT2D eigenvalue weighted by Gasteiger charge is -2.22. The molecule has 0 aliphatic carbocycles. The van der Waals surface area contributed by atoms with Gasteiger partial charge in [0.15, 0.2) is 0 Å². The molecular formula is C25H21FN2O4S. The topological polar surface area (TPSA) is 66.9 Å². The van der Waals surface area contributed by atoms with Crippen molar-refractivity contribution < 1.29 is 23.5 Å². The van der Waals surface area contributed by atoms with Gasteiger partial charge in [0.05, 0.1) is 30.3 Å². The summed E-state index contributed by atoms with van der Waals surface area (Å²) in [6, 6.07) is 14.1. The van der Waals surface area contributed by atoms with E-state index in [1.165, 1.54) is 40.5 Å². The zero-order valence-corrected chi connectivity index (χ0v) is 18.5. The van der Waals surface area contributed by atoms with Gasteiger partial charge in [0.25, 0.3) is 17.7 Å².